The number of fused-ring (bicyclic) bond motifs is 3. The second-order valence-corrected chi connectivity index (χ2v) is 16.6. The van der Waals surface area contributed by atoms with Gasteiger partial charge in [-0.3, -0.25) is 0 Å². The zero-order valence-corrected chi connectivity index (χ0v) is 36.4. The van der Waals surface area contributed by atoms with E-state index in [1.165, 1.54) is 0 Å². The minimum absolute atomic E-state index is 0.594. The SMILES string of the molecule is c1ccc(-c2ccc3c(c2)c2cc(-c4ccccc4)ccc2n3-c2c(-c3nc(-c4ccccc4)cc(-c4ccccc4)n3)cccc2-c2nc(-c3ccccc3)cc(-c3ccccc3)n2)cc1. The van der Waals surface area contributed by atoms with Crippen molar-refractivity contribution in [1.82, 2.24) is 24.5 Å². The Hall–Kier alpha value is -9.06. The van der Waals surface area contributed by atoms with Gasteiger partial charge in [0.2, 0.25) is 0 Å². The number of aromatic nitrogens is 5. The Balaban J connectivity index is 1.20. The summed E-state index contributed by atoms with van der Waals surface area (Å²) in [7, 11) is 0. The van der Waals surface area contributed by atoms with Crippen molar-refractivity contribution in [1.29, 1.82) is 0 Å². The summed E-state index contributed by atoms with van der Waals surface area (Å²) in [6.45, 7) is 0. The normalized spacial score (nSPS) is 11.3. The molecule has 9 aromatic carbocycles. The number of hydrogen-bond donors (Lipinski definition) is 0. The van der Waals surface area contributed by atoms with Crippen LogP contribution in [0.4, 0.5) is 0 Å². The molecular weight excluding hydrogens is 815 g/mol. The molecular formula is C62H41N5. The van der Waals surface area contributed by atoms with Gasteiger partial charge in [0.15, 0.2) is 11.6 Å². The number of nitrogens with zero attached hydrogens (tertiary/aromatic N) is 5. The van der Waals surface area contributed by atoms with Gasteiger partial charge >= 0.3 is 0 Å². The summed E-state index contributed by atoms with van der Waals surface area (Å²) >= 11 is 0. The maximum atomic E-state index is 5.44. The van der Waals surface area contributed by atoms with E-state index in [0.717, 1.165) is 106 Å². The van der Waals surface area contributed by atoms with Gasteiger partial charge in [-0.1, -0.05) is 200 Å². The van der Waals surface area contributed by atoms with E-state index < -0.39 is 0 Å². The molecule has 314 valence electrons. The minimum atomic E-state index is 0.594. The van der Waals surface area contributed by atoms with Crippen LogP contribution < -0.4 is 0 Å². The molecule has 5 nitrogen and oxygen atoms in total. The van der Waals surface area contributed by atoms with E-state index in [1.807, 2.05) is 24.3 Å². The molecule has 12 rings (SSSR count). The molecule has 0 bridgehead atoms. The molecule has 12 aromatic rings. The monoisotopic (exact) mass is 855 g/mol. The first-order valence-electron chi connectivity index (χ1n) is 22.5. The quantitative estimate of drug-likeness (QED) is 0.145. The van der Waals surface area contributed by atoms with Gasteiger partial charge in [0.1, 0.15) is 0 Å². The fourth-order valence-corrected chi connectivity index (χ4v) is 9.19. The third-order valence-corrected chi connectivity index (χ3v) is 12.5. The first-order chi connectivity index (χ1) is 33.2. The second kappa shape index (κ2) is 17.1. The summed E-state index contributed by atoms with van der Waals surface area (Å²) in [5.74, 6) is 1.19. The van der Waals surface area contributed by atoms with Crippen molar-refractivity contribution < 1.29 is 0 Å². The van der Waals surface area contributed by atoms with Gasteiger partial charge in [-0.05, 0) is 70.8 Å². The predicted molar refractivity (Wildman–Crippen MR) is 275 cm³/mol. The Labute approximate surface area is 389 Å². The van der Waals surface area contributed by atoms with Gasteiger partial charge in [0, 0.05) is 44.2 Å². The number of hydrogen-bond acceptors (Lipinski definition) is 4. The third kappa shape index (κ3) is 7.54. The second-order valence-electron chi connectivity index (χ2n) is 16.6. The van der Waals surface area contributed by atoms with Crippen molar-refractivity contribution in [2.45, 2.75) is 0 Å². The lowest BCUT2D eigenvalue weighted by Crippen LogP contribution is -2.05. The molecule has 0 saturated carbocycles. The van der Waals surface area contributed by atoms with E-state index in [-0.39, 0.29) is 0 Å². The molecule has 0 aliphatic rings. The highest BCUT2D eigenvalue weighted by atomic mass is 15.0. The Morgan fingerprint density at radius 2 is 0.537 bits per heavy atom. The van der Waals surface area contributed by atoms with Crippen LogP contribution in [-0.4, -0.2) is 24.5 Å². The fourth-order valence-electron chi connectivity index (χ4n) is 9.19. The maximum absolute atomic E-state index is 5.44. The van der Waals surface area contributed by atoms with Crippen LogP contribution in [-0.2, 0) is 0 Å². The van der Waals surface area contributed by atoms with Gasteiger partial charge < -0.3 is 4.57 Å². The minimum Gasteiger partial charge on any atom is -0.308 e. The molecule has 0 unspecified atom stereocenters. The van der Waals surface area contributed by atoms with Gasteiger partial charge in [0.05, 0.1) is 39.5 Å². The van der Waals surface area contributed by atoms with E-state index in [0.29, 0.717) is 11.6 Å². The zero-order valence-electron chi connectivity index (χ0n) is 36.4. The molecule has 0 aliphatic heterocycles. The highest BCUT2D eigenvalue weighted by Gasteiger charge is 2.25. The van der Waals surface area contributed by atoms with Crippen LogP contribution in [0, 0.1) is 0 Å². The summed E-state index contributed by atoms with van der Waals surface area (Å²) in [5, 5.41) is 2.26. The Morgan fingerprint density at radius 3 is 0.851 bits per heavy atom. The highest BCUT2D eigenvalue weighted by Crippen LogP contribution is 2.43. The zero-order chi connectivity index (χ0) is 44.5. The van der Waals surface area contributed by atoms with Crippen LogP contribution in [0.15, 0.2) is 249 Å². The van der Waals surface area contributed by atoms with E-state index >= 15 is 0 Å². The summed E-state index contributed by atoms with van der Waals surface area (Å²) in [6, 6.07) is 86.8. The van der Waals surface area contributed by atoms with Crippen LogP contribution in [0.5, 0.6) is 0 Å². The first kappa shape index (κ1) is 39.5. The maximum Gasteiger partial charge on any atom is 0.162 e. The lowest BCUT2D eigenvalue weighted by molar-refractivity contribution is 1.12. The average Bonchev–Trinajstić information content (AvgIpc) is 3.74. The summed E-state index contributed by atoms with van der Waals surface area (Å²) < 4.78 is 2.39. The largest absolute Gasteiger partial charge is 0.308 e. The van der Waals surface area contributed by atoms with Crippen molar-refractivity contribution in [3.8, 4) is 95.7 Å². The molecule has 3 heterocycles. The molecule has 0 fully saturated rings. The van der Waals surface area contributed by atoms with Crippen LogP contribution >= 0.6 is 0 Å². The topological polar surface area (TPSA) is 56.5 Å². The summed E-state index contributed by atoms with van der Waals surface area (Å²) in [4.78, 5) is 21.7. The molecule has 0 aliphatic carbocycles. The predicted octanol–water partition coefficient (Wildman–Crippen LogP) is 15.7. The summed E-state index contributed by atoms with van der Waals surface area (Å²) in [5.41, 5.74) is 16.6. The Kier molecular flexibility index (Phi) is 10.1. The fraction of sp³-hybridized carbons (Fsp3) is 0. The molecule has 67 heavy (non-hydrogen) atoms. The molecule has 0 saturated heterocycles. The number of benzene rings is 9. The molecule has 0 atom stereocenters. The van der Waals surface area contributed by atoms with Crippen LogP contribution in [0.2, 0.25) is 0 Å². The van der Waals surface area contributed by atoms with Crippen molar-refractivity contribution in [3.63, 3.8) is 0 Å². The average molecular weight is 856 g/mol. The van der Waals surface area contributed by atoms with Crippen LogP contribution in [0.25, 0.3) is 118 Å². The first-order valence-corrected chi connectivity index (χ1v) is 22.5. The number of para-hydroxylation sites is 1. The van der Waals surface area contributed by atoms with Crippen LogP contribution in [0.1, 0.15) is 0 Å². The standard InChI is InChI=1S/C62H41N5/c1-7-20-42(21-8-1)48-34-36-58-52(38-48)53-39-49(43-22-9-2-10-23-43)35-37-59(53)67(58)60-50(61-63-54(44-24-11-3-12-25-44)40-55(64-61)45-26-13-4-14-27-45)32-19-33-51(60)62-65-56(46-28-15-5-16-29-46)41-57(66-62)47-30-17-6-18-31-47/h1-41H. The third-order valence-electron chi connectivity index (χ3n) is 12.5. The lowest BCUT2D eigenvalue weighted by atomic mass is 10.0. The smallest absolute Gasteiger partial charge is 0.162 e. The molecule has 3 aromatic heterocycles. The number of rotatable bonds is 9. The lowest BCUT2D eigenvalue weighted by Gasteiger charge is -2.19. The van der Waals surface area contributed by atoms with Crippen molar-refractivity contribution in [2.75, 3.05) is 0 Å². The molecule has 0 spiro atoms. The van der Waals surface area contributed by atoms with Gasteiger partial charge in [-0.2, -0.15) is 0 Å². The van der Waals surface area contributed by atoms with Gasteiger partial charge in [-0.15, -0.1) is 0 Å². The van der Waals surface area contributed by atoms with Crippen LogP contribution in [0.3, 0.4) is 0 Å². The molecule has 0 amide bonds. The van der Waals surface area contributed by atoms with Crippen molar-refractivity contribution in [2.24, 2.45) is 0 Å². The van der Waals surface area contributed by atoms with Gasteiger partial charge in [-0.25, -0.2) is 19.9 Å². The molecule has 0 radical (unpaired) electrons. The molecule has 0 N–H and O–H groups in total. The Morgan fingerprint density at radius 1 is 0.239 bits per heavy atom. The van der Waals surface area contributed by atoms with Crippen molar-refractivity contribution in [3.05, 3.63) is 249 Å². The summed E-state index contributed by atoms with van der Waals surface area (Å²) in [6.07, 6.45) is 0. The van der Waals surface area contributed by atoms with Crippen molar-refractivity contribution >= 4 is 21.8 Å². The van der Waals surface area contributed by atoms with E-state index in [2.05, 4.69) is 229 Å². The van der Waals surface area contributed by atoms with E-state index in [9.17, 15) is 0 Å². The van der Waals surface area contributed by atoms with Gasteiger partial charge in [0.25, 0.3) is 0 Å². The van der Waals surface area contributed by atoms with E-state index in [1.54, 1.807) is 0 Å². The Bertz CT molecular complexity index is 3350. The van der Waals surface area contributed by atoms with E-state index in [4.69, 9.17) is 19.9 Å². The molecule has 5 heteroatoms. The highest BCUT2D eigenvalue weighted by molar-refractivity contribution is 6.12.